The number of anilines is 3. The fourth-order valence-electron chi connectivity index (χ4n) is 6.49. The Hall–Kier alpha value is -5.24. The molecule has 8 heteroatoms. The van der Waals surface area contributed by atoms with Gasteiger partial charge in [0.05, 0.1) is 11.4 Å². The molecule has 208 valence electrons. The third kappa shape index (κ3) is 3.54. The molecule has 0 bridgehead atoms. The Morgan fingerprint density at radius 3 is 2.14 bits per heavy atom. The first kappa shape index (κ1) is 24.5. The molecule has 0 radical (unpaired) electrons. The van der Waals surface area contributed by atoms with Gasteiger partial charge in [0, 0.05) is 30.4 Å². The second kappa shape index (κ2) is 9.41. The third-order valence-corrected chi connectivity index (χ3v) is 8.48. The molecule has 0 aromatic heterocycles. The van der Waals surface area contributed by atoms with Crippen LogP contribution >= 0.6 is 0 Å². The van der Waals surface area contributed by atoms with Crippen LogP contribution in [-0.4, -0.2) is 38.4 Å². The molecule has 3 amide bonds. The van der Waals surface area contributed by atoms with Gasteiger partial charge >= 0.3 is 6.03 Å². The number of para-hydroxylation sites is 3. The van der Waals surface area contributed by atoms with Gasteiger partial charge in [0.25, 0.3) is 0 Å². The second-order valence-corrected chi connectivity index (χ2v) is 10.7. The number of hydrogen-bond donors (Lipinski definition) is 1. The van der Waals surface area contributed by atoms with E-state index in [1.165, 1.54) is 0 Å². The second-order valence-electron chi connectivity index (χ2n) is 10.7. The van der Waals surface area contributed by atoms with Gasteiger partial charge in [-0.3, -0.25) is 9.69 Å². The highest BCUT2D eigenvalue weighted by atomic mass is 16.7. The lowest BCUT2D eigenvalue weighted by Crippen LogP contribution is -2.43. The predicted octanol–water partition coefficient (Wildman–Crippen LogP) is 5.86. The molecule has 1 atom stereocenters. The van der Waals surface area contributed by atoms with E-state index in [2.05, 4.69) is 5.32 Å². The zero-order valence-electron chi connectivity index (χ0n) is 22.7. The summed E-state index contributed by atoms with van der Waals surface area (Å²) in [5.41, 5.74) is 5.22. The van der Waals surface area contributed by atoms with Gasteiger partial charge in [0.15, 0.2) is 11.5 Å². The van der Waals surface area contributed by atoms with Crippen LogP contribution in [0.25, 0.3) is 12.2 Å². The van der Waals surface area contributed by atoms with Gasteiger partial charge in [-0.25, -0.2) is 4.79 Å². The molecule has 4 aliphatic rings. The van der Waals surface area contributed by atoms with Crippen molar-refractivity contribution in [3.63, 3.8) is 0 Å². The number of rotatable bonds is 4. The van der Waals surface area contributed by atoms with Crippen molar-refractivity contribution in [1.29, 1.82) is 0 Å². The molecule has 1 N–H and O–H groups in total. The summed E-state index contributed by atoms with van der Waals surface area (Å²) in [4.78, 5) is 31.4. The molecular weight excluding hydrogens is 530 g/mol. The normalized spacial score (nSPS) is 18.7. The van der Waals surface area contributed by atoms with Crippen LogP contribution in [-0.2, 0) is 10.2 Å². The zero-order chi connectivity index (χ0) is 28.3. The van der Waals surface area contributed by atoms with Crippen LogP contribution in [0.3, 0.4) is 0 Å². The van der Waals surface area contributed by atoms with Gasteiger partial charge in [-0.05, 0) is 47.4 Å². The van der Waals surface area contributed by atoms with Crippen molar-refractivity contribution in [1.82, 2.24) is 5.32 Å². The summed E-state index contributed by atoms with van der Waals surface area (Å²) in [6.45, 7) is 1.22. The summed E-state index contributed by atoms with van der Waals surface area (Å²) in [7, 11) is 0. The molecular formula is C34H27N3O5. The van der Waals surface area contributed by atoms with Gasteiger partial charge < -0.3 is 24.4 Å². The number of ether oxygens (including phenoxy) is 3. The SMILES string of the molecule is O=C(NCCCN1C(=O)C2(COc3cc4c(cc32)OCO4)c2ccccc21)N1c2ccccc2C=Cc2ccccc21. The van der Waals surface area contributed by atoms with E-state index in [0.29, 0.717) is 36.8 Å². The highest BCUT2D eigenvalue weighted by Crippen LogP contribution is 2.55. The average Bonchev–Trinajstić information content (AvgIpc) is 3.66. The van der Waals surface area contributed by atoms with Crippen LogP contribution in [0.4, 0.5) is 21.9 Å². The highest BCUT2D eigenvalue weighted by Gasteiger charge is 2.57. The first-order valence-corrected chi connectivity index (χ1v) is 14.1. The van der Waals surface area contributed by atoms with Crippen LogP contribution in [0, 0.1) is 0 Å². The lowest BCUT2D eigenvalue weighted by atomic mass is 9.77. The van der Waals surface area contributed by atoms with E-state index in [9.17, 15) is 9.59 Å². The summed E-state index contributed by atoms with van der Waals surface area (Å²) >= 11 is 0. The molecule has 4 aromatic rings. The largest absolute Gasteiger partial charge is 0.491 e. The van der Waals surface area contributed by atoms with Crippen LogP contribution in [0.1, 0.15) is 28.7 Å². The Balaban J connectivity index is 1.02. The zero-order valence-corrected chi connectivity index (χ0v) is 22.7. The minimum atomic E-state index is -0.942. The van der Waals surface area contributed by atoms with Gasteiger partial charge in [-0.15, -0.1) is 0 Å². The lowest BCUT2D eigenvalue weighted by molar-refractivity contribution is -0.122. The quantitative estimate of drug-likeness (QED) is 0.318. The smallest absolute Gasteiger partial charge is 0.326 e. The van der Waals surface area contributed by atoms with Crippen molar-refractivity contribution in [2.24, 2.45) is 0 Å². The predicted molar refractivity (Wildman–Crippen MR) is 160 cm³/mol. The van der Waals surface area contributed by atoms with E-state index in [1.807, 2.05) is 102 Å². The number of nitrogens with zero attached hydrogens (tertiary/aromatic N) is 2. The Bertz CT molecular complexity index is 1750. The van der Waals surface area contributed by atoms with E-state index in [0.717, 1.165) is 39.3 Å². The van der Waals surface area contributed by atoms with Crippen molar-refractivity contribution in [3.8, 4) is 17.2 Å². The van der Waals surface area contributed by atoms with Gasteiger partial charge in [0.2, 0.25) is 12.7 Å². The minimum absolute atomic E-state index is 0.0333. The number of hydrogen-bond acceptors (Lipinski definition) is 5. The number of nitrogens with one attached hydrogen (secondary N) is 1. The Morgan fingerprint density at radius 1 is 0.762 bits per heavy atom. The first-order chi connectivity index (χ1) is 20.6. The monoisotopic (exact) mass is 557 g/mol. The van der Waals surface area contributed by atoms with Crippen LogP contribution < -0.4 is 29.3 Å². The van der Waals surface area contributed by atoms with Crippen LogP contribution in [0.5, 0.6) is 17.2 Å². The molecule has 1 spiro atoms. The van der Waals surface area contributed by atoms with E-state index >= 15 is 0 Å². The Labute approximate surface area is 242 Å². The lowest BCUT2D eigenvalue weighted by Gasteiger charge is -2.26. The molecule has 42 heavy (non-hydrogen) atoms. The van der Waals surface area contributed by atoms with Crippen molar-refractivity contribution in [3.05, 3.63) is 107 Å². The third-order valence-electron chi connectivity index (χ3n) is 8.48. The van der Waals surface area contributed by atoms with Crippen LogP contribution in [0.15, 0.2) is 84.9 Å². The first-order valence-electron chi connectivity index (χ1n) is 14.1. The maximum absolute atomic E-state index is 14.2. The molecule has 8 nitrogen and oxygen atoms in total. The van der Waals surface area contributed by atoms with Crippen molar-refractivity contribution >= 4 is 41.2 Å². The molecule has 0 aliphatic carbocycles. The number of carbonyl (C=O) groups is 2. The Kier molecular flexibility index (Phi) is 5.50. The molecule has 0 saturated heterocycles. The number of benzene rings is 4. The van der Waals surface area contributed by atoms with E-state index in [1.54, 1.807) is 4.90 Å². The maximum atomic E-state index is 14.2. The molecule has 4 aliphatic heterocycles. The summed E-state index contributed by atoms with van der Waals surface area (Å²) in [5, 5.41) is 3.10. The van der Waals surface area contributed by atoms with Crippen LogP contribution in [0.2, 0.25) is 0 Å². The maximum Gasteiger partial charge on any atom is 0.326 e. The molecule has 8 rings (SSSR count). The van der Waals surface area contributed by atoms with E-state index < -0.39 is 5.41 Å². The van der Waals surface area contributed by atoms with Gasteiger partial charge in [-0.2, -0.15) is 0 Å². The topological polar surface area (TPSA) is 80.3 Å². The minimum Gasteiger partial charge on any atom is -0.491 e. The average molecular weight is 558 g/mol. The number of carbonyl (C=O) groups excluding carboxylic acids is 2. The number of fused-ring (bicyclic) bond motifs is 7. The standard InChI is InChI=1S/C34H27N3O5/c38-32-34(20-40-29-19-31-30(18-25(29)34)41-21-42-31)24-10-3-6-13-28(24)36(32)17-7-16-35-33(39)37-26-11-4-1-8-22(26)14-15-23-9-2-5-12-27(23)37/h1-6,8-15,18-19H,7,16-17,20-21H2,(H,35,39). The van der Waals surface area contributed by atoms with Gasteiger partial charge in [0.1, 0.15) is 17.8 Å². The Morgan fingerprint density at radius 2 is 1.40 bits per heavy atom. The number of urea groups is 1. The number of amides is 3. The summed E-state index contributed by atoms with van der Waals surface area (Å²) in [6.07, 6.45) is 4.64. The fraction of sp³-hybridized carbons (Fsp3) is 0.176. The highest BCUT2D eigenvalue weighted by molar-refractivity contribution is 6.11. The van der Waals surface area contributed by atoms with Crippen molar-refractivity contribution in [2.75, 3.05) is 36.3 Å². The van der Waals surface area contributed by atoms with Gasteiger partial charge in [-0.1, -0.05) is 66.7 Å². The van der Waals surface area contributed by atoms with E-state index in [-0.39, 0.29) is 25.3 Å². The molecule has 1 unspecified atom stereocenters. The van der Waals surface area contributed by atoms with Crippen molar-refractivity contribution < 1.29 is 23.8 Å². The summed E-state index contributed by atoms with van der Waals surface area (Å²) in [5.74, 6) is 1.86. The van der Waals surface area contributed by atoms with E-state index in [4.69, 9.17) is 14.2 Å². The molecule has 0 saturated carbocycles. The molecule has 4 aromatic carbocycles. The molecule has 0 fully saturated rings. The summed E-state index contributed by atoms with van der Waals surface area (Å²) < 4.78 is 17.2. The van der Waals surface area contributed by atoms with Crippen molar-refractivity contribution in [2.45, 2.75) is 11.8 Å². The fourth-order valence-corrected chi connectivity index (χ4v) is 6.49. The molecule has 4 heterocycles. The summed E-state index contributed by atoms with van der Waals surface area (Å²) in [6, 6.07) is 27.1.